The molecule has 1 aromatic heterocycles. The van der Waals surface area contributed by atoms with Crippen molar-refractivity contribution in [2.24, 2.45) is 0 Å². The number of amides is 1. The second-order valence-corrected chi connectivity index (χ2v) is 5.47. The highest BCUT2D eigenvalue weighted by Crippen LogP contribution is 2.36. The Bertz CT molecular complexity index is 463. The lowest BCUT2D eigenvalue weighted by atomic mass is 9.85. The van der Waals surface area contributed by atoms with E-state index in [4.69, 9.17) is 9.26 Å². The fourth-order valence-corrected chi connectivity index (χ4v) is 3.25. The van der Waals surface area contributed by atoms with Gasteiger partial charge in [0, 0.05) is 13.2 Å². The van der Waals surface area contributed by atoms with Crippen molar-refractivity contribution < 1.29 is 14.1 Å². The summed E-state index contributed by atoms with van der Waals surface area (Å²) < 4.78 is 10.5. The van der Waals surface area contributed by atoms with E-state index in [-0.39, 0.29) is 11.4 Å². The first kappa shape index (κ1) is 12.7. The number of piperidine rings is 1. The van der Waals surface area contributed by atoms with E-state index in [1.165, 1.54) is 12.7 Å². The molecule has 1 spiro atoms. The topological polar surface area (TPSA) is 55.6 Å². The summed E-state index contributed by atoms with van der Waals surface area (Å²) in [5.74, 6) is 0.0586. The molecule has 5 nitrogen and oxygen atoms in total. The lowest BCUT2D eigenvalue weighted by Crippen LogP contribution is -2.55. The first-order valence-electron chi connectivity index (χ1n) is 7.10. The molecular weight excluding hydrogens is 244 g/mol. The number of rotatable bonds is 2. The molecule has 3 heterocycles. The molecule has 2 aliphatic rings. The van der Waals surface area contributed by atoms with Crippen LogP contribution in [-0.2, 0) is 11.2 Å². The van der Waals surface area contributed by atoms with E-state index in [9.17, 15) is 4.79 Å². The number of ether oxygens (including phenoxy) is 1. The van der Waals surface area contributed by atoms with Gasteiger partial charge < -0.3 is 14.2 Å². The molecule has 104 valence electrons. The standard InChI is InChI=1S/C14H20N2O3/c1-2-12-11(9-19-15-12)13(17)16-7-4-3-5-14(16)6-8-18-10-14/h9H,2-8,10H2,1H3. The summed E-state index contributed by atoms with van der Waals surface area (Å²) in [6, 6.07) is 0. The van der Waals surface area contributed by atoms with E-state index in [1.807, 2.05) is 11.8 Å². The molecule has 19 heavy (non-hydrogen) atoms. The number of carbonyl (C=O) groups is 1. The van der Waals surface area contributed by atoms with Crippen LogP contribution in [0.25, 0.3) is 0 Å². The van der Waals surface area contributed by atoms with Gasteiger partial charge in [-0.3, -0.25) is 4.79 Å². The number of hydrogen-bond donors (Lipinski definition) is 0. The lowest BCUT2D eigenvalue weighted by molar-refractivity contribution is 0.0254. The van der Waals surface area contributed by atoms with Crippen molar-refractivity contribution in [2.45, 2.75) is 44.6 Å². The normalized spacial score (nSPS) is 27.1. The van der Waals surface area contributed by atoms with Crippen LogP contribution in [0.15, 0.2) is 10.8 Å². The Morgan fingerprint density at radius 2 is 2.37 bits per heavy atom. The molecule has 0 saturated carbocycles. The van der Waals surface area contributed by atoms with Crippen LogP contribution in [-0.4, -0.2) is 41.3 Å². The Labute approximate surface area is 112 Å². The predicted octanol–water partition coefficient (Wildman–Crippen LogP) is 2.02. The van der Waals surface area contributed by atoms with Crippen LogP contribution in [0.1, 0.15) is 48.7 Å². The maximum atomic E-state index is 12.8. The number of aromatic nitrogens is 1. The van der Waals surface area contributed by atoms with Crippen molar-refractivity contribution in [3.63, 3.8) is 0 Å². The van der Waals surface area contributed by atoms with Gasteiger partial charge in [0.15, 0.2) is 0 Å². The number of nitrogens with zero attached hydrogens (tertiary/aromatic N) is 2. The Hall–Kier alpha value is -1.36. The van der Waals surface area contributed by atoms with Gasteiger partial charge in [-0.1, -0.05) is 12.1 Å². The van der Waals surface area contributed by atoms with E-state index >= 15 is 0 Å². The number of likely N-dealkylation sites (tertiary alicyclic amines) is 1. The maximum Gasteiger partial charge on any atom is 0.259 e. The molecule has 0 N–H and O–H groups in total. The first-order chi connectivity index (χ1) is 9.27. The number of aryl methyl sites for hydroxylation is 1. The zero-order chi connectivity index (χ0) is 13.3. The Morgan fingerprint density at radius 3 is 3.11 bits per heavy atom. The van der Waals surface area contributed by atoms with Crippen molar-refractivity contribution in [1.82, 2.24) is 10.1 Å². The van der Waals surface area contributed by atoms with Crippen molar-refractivity contribution >= 4 is 5.91 Å². The van der Waals surface area contributed by atoms with Gasteiger partial charge in [-0.05, 0) is 32.1 Å². The molecule has 1 amide bonds. The SMILES string of the molecule is CCc1nocc1C(=O)N1CCCCC12CCOC2. The molecule has 1 aromatic rings. The van der Waals surface area contributed by atoms with Crippen molar-refractivity contribution in [1.29, 1.82) is 0 Å². The minimum atomic E-state index is -0.0857. The second kappa shape index (κ2) is 4.96. The summed E-state index contributed by atoms with van der Waals surface area (Å²) in [4.78, 5) is 14.8. The second-order valence-electron chi connectivity index (χ2n) is 5.47. The molecule has 3 rings (SSSR count). The molecule has 1 atom stereocenters. The van der Waals surface area contributed by atoms with E-state index in [2.05, 4.69) is 5.16 Å². The number of hydrogen-bond acceptors (Lipinski definition) is 4. The summed E-state index contributed by atoms with van der Waals surface area (Å²) in [5, 5.41) is 3.91. The van der Waals surface area contributed by atoms with Crippen LogP contribution < -0.4 is 0 Å². The van der Waals surface area contributed by atoms with Crippen LogP contribution in [0.4, 0.5) is 0 Å². The highest BCUT2D eigenvalue weighted by Gasteiger charge is 2.45. The first-order valence-corrected chi connectivity index (χ1v) is 7.10. The van der Waals surface area contributed by atoms with E-state index < -0.39 is 0 Å². The minimum absolute atomic E-state index is 0.0586. The third-order valence-corrected chi connectivity index (χ3v) is 4.38. The van der Waals surface area contributed by atoms with Gasteiger partial charge in [-0.25, -0.2) is 0 Å². The molecule has 0 aliphatic carbocycles. The Kier molecular flexibility index (Phi) is 3.31. The molecule has 5 heteroatoms. The fourth-order valence-electron chi connectivity index (χ4n) is 3.25. The van der Waals surface area contributed by atoms with Gasteiger partial charge in [0.25, 0.3) is 5.91 Å². The minimum Gasteiger partial charge on any atom is -0.379 e. The third kappa shape index (κ3) is 2.06. The van der Waals surface area contributed by atoms with Crippen LogP contribution in [0.3, 0.4) is 0 Å². The number of carbonyl (C=O) groups excluding carboxylic acids is 1. The monoisotopic (exact) mass is 264 g/mol. The molecular formula is C14H20N2O3. The van der Waals surface area contributed by atoms with Crippen LogP contribution in [0.5, 0.6) is 0 Å². The van der Waals surface area contributed by atoms with Gasteiger partial charge in [0.2, 0.25) is 0 Å². The third-order valence-electron chi connectivity index (χ3n) is 4.38. The molecule has 1 unspecified atom stereocenters. The average Bonchev–Trinajstić information content (AvgIpc) is 3.08. The van der Waals surface area contributed by atoms with Crippen molar-refractivity contribution in [3.8, 4) is 0 Å². The maximum absolute atomic E-state index is 12.8. The highest BCUT2D eigenvalue weighted by atomic mass is 16.5. The van der Waals surface area contributed by atoms with Gasteiger partial charge in [0.1, 0.15) is 11.8 Å². The molecule has 2 fully saturated rings. The summed E-state index contributed by atoms with van der Waals surface area (Å²) in [6.45, 7) is 4.23. The van der Waals surface area contributed by atoms with Crippen molar-refractivity contribution in [3.05, 3.63) is 17.5 Å². The van der Waals surface area contributed by atoms with Gasteiger partial charge in [-0.2, -0.15) is 0 Å². The smallest absolute Gasteiger partial charge is 0.259 e. The molecule has 0 radical (unpaired) electrons. The largest absolute Gasteiger partial charge is 0.379 e. The molecule has 2 aliphatic heterocycles. The predicted molar refractivity (Wildman–Crippen MR) is 68.9 cm³/mol. The molecule has 0 bridgehead atoms. The average molecular weight is 264 g/mol. The fraction of sp³-hybridized carbons (Fsp3) is 0.714. The van der Waals surface area contributed by atoms with Crippen LogP contribution >= 0.6 is 0 Å². The highest BCUT2D eigenvalue weighted by molar-refractivity contribution is 5.95. The molecule has 0 aromatic carbocycles. The van der Waals surface area contributed by atoms with E-state index in [1.54, 1.807) is 0 Å². The zero-order valence-corrected chi connectivity index (χ0v) is 11.4. The summed E-state index contributed by atoms with van der Waals surface area (Å²) in [7, 11) is 0. The van der Waals surface area contributed by atoms with E-state index in [0.29, 0.717) is 12.2 Å². The van der Waals surface area contributed by atoms with Gasteiger partial charge in [-0.15, -0.1) is 0 Å². The van der Waals surface area contributed by atoms with Crippen LogP contribution in [0, 0.1) is 0 Å². The molecule has 2 saturated heterocycles. The van der Waals surface area contributed by atoms with E-state index in [0.717, 1.165) is 44.5 Å². The quantitative estimate of drug-likeness (QED) is 0.820. The van der Waals surface area contributed by atoms with Crippen molar-refractivity contribution in [2.75, 3.05) is 19.8 Å². The lowest BCUT2D eigenvalue weighted by Gasteiger charge is -2.43. The van der Waals surface area contributed by atoms with Crippen LogP contribution in [0.2, 0.25) is 0 Å². The van der Waals surface area contributed by atoms with Gasteiger partial charge >= 0.3 is 0 Å². The summed E-state index contributed by atoms with van der Waals surface area (Å²) >= 11 is 0. The van der Waals surface area contributed by atoms with Gasteiger partial charge in [0.05, 0.1) is 17.8 Å². The Morgan fingerprint density at radius 1 is 1.47 bits per heavy atom. The summed E-state index contributed by atoms with van der Waals surface area (Å²) in [6.07, 6.45) is 6.45. The zero-order valence-electron chi connectivity index (χ0n) is 11.4. The summed E-state index contributed by atoms with van der Waals surface area (Å²) in [5.41, 5.74) is 1.29. The Balaban J connectivity index is 1.89.